The number of hydrogen-bond donors (Lipinski definition) is 1. The van der Waals surface area contributed by atoms with Crippen molar-refractivity contribution in [2.24, 2.45) is 5.92 Å². The third-order valence-electron chi connectivity index (χ3n) is 8.72. The minimum absolute atomic E-state index is 0.129. The van der Waals surface area contributed by atoms with Gasteiger partial charge >= 0.3 is 0 Å². The van der Waals surface area contributed by atoms with Gasteiger partial charge in [0.05, 0.1) is 16.6 Å². The Morgan fingerprint density at radius 1 is 1.00 bits per heavy atom. The summed E-state index contributed by atoms with van der Waals surface area (Å²) in [5, 5.41) is 8.96. The molecule has 1 N–H and O–H groups in total. The summed E-state index contributed by atoms with van der Waals surface area (Å²) < 4.78 is 0. The molecular weight excluding hydrogens is 466 g/mol. The van der Waals surface area contributed by atoms with Crippen molar-refractivity contribution < 1.29 is 4.79 Å². The van der Waals surface area contributed by atoms with E-state index >= 15 is 0 Å². The van der Waals surface area contributed by atoms with Gasteiger partial charge in [0.25, 0.3) is 0 Å². The molecular formula is C34H37N3O. The van der Waals surface area contributed by atoms with Gasteiger partial charge in [0, 0.05) is 23.8 Å². The molecule has 2 aliphatic carbocycles. The van der Waals surface area contributed by atoms with Crippen LogP contribution in [-0.2, 0) is 29.6 Å². The Labute approximate surface area is 225 Å². The normalized spacial score (nSPS) is 22.6. The van der Waals surface area contributed by atoms with Crippen molar-refractivity contribution in [2.45, 2.75) is 57.4 Å². The summed E-state index contributed by atoms with van der Waals surface area (Å²) in [7, 11) is 4.17. The SMILES string of the molecule is CCc1ccc2c(c1)C1(CC1c1ccc3c(/C=C/c4ccc(CN(C)C)cc4)n[nH]c3c1)C(=O)C(CC)C2. The van der Waals surface area contributed by atoms with Gasteiger partial charge in [-0.05, 0) is 85.3 Å². The number of rotatable bonds is 7. The lowest BCUT2D eigenvalue weighted by molar-refractivity contribution is -0.126. The molecule has 6 rings (SSSR count). The molecule has 0 aliphatic heterocycles. The molecule has 0 amide bonds. The second-order valence-corrected chi connectivity index (χ2v) is 11.5. The molecule has 38 heavy (non-hydrogen) atoms. The van der Waals surface area contributed by atoms with Crippen molar-refractivity contribution in [3.63, 3.8) is 0 Å². The monoisotopic (exact) mass is 503 g/mol. The summed E-state index contributed by atoms with van der Waals surface area (Å²) in [6.07, 6.45) is 7.91. The zero-order valence-corrected chi connectivity index (χ0v) is 22.9. The molecule has 4 aromatic rings. The first-order chi connectivity index (χ1) is 18.4. The van der Waals surface area contributed by atoms with E-state index in [1.54, 1.807) is 0 Å². The summed E-state index contributed by atoms with van der Waals surface area (Å²) >= 11 is 0. The fraction of sp³-hybridized carbons (Fsp3) is 0.353. The molecule has 1 aromatic heterocycles. The molecule has 1 heterocycles. The molecule has 194 valence electrons. The van der Waals surface area contributed by atoms with Gasteiger partial charge in [-0.1, -0.05) is 74.5 Å². The number of nitrogens with zero attached hydrogens (tertiary/aromatic N) is 2. The zero-order chi connectivity index (χ0) is 26.4. The van der Waals surface area contributed by atoms with Crippen molar-refractivity contribution in [3.8, 4) is 0 Å². The summed E-state index contributed by atoms with van der Waals surface area (Å²) in [5.74, 6) is 0.822. The number of H-pyrrole nitrogens is 1. The van der Waals surface area contributed by atoms with Gasteiger partial charge in [0.1, 0.15) is 5.78 Å². The van der Waals surface area contributed by atoms with E-state index in [1.165, 1.54) is 27.8 Å². The molecule has 1 spiro atoms. The average Bonchev–Trinajstić information content (AvgIpc) is 3.55. The van der Waals surface area contributed by atoms with E-state index in [9.17, 15) is 4.79 Å². The van der Waals surface area contributed by atoms with Crippen LogP contribution in [0.3, 0.4) is 0 Å². The highest BCUT2D eigenvalue weighted by Crippen LogP contribution is 2.64. The molecule has 4 heteroatoms. The fourth-order valence-electron chi connectivity index (χ4n) is 6.53. The zero-order valence-electron chi connectivity index (χ0n) is 22.9. The predicted molar refractivity (Wildman–Crippen MR) is 156 cm³/mol. The highest BCUT2D eigenvalue weighted by Gasteiger charge is 2.64. The lowest BCUT2D eigenvalue weighted by Crippen LogP contribution is -2.36. The topological polar surface area (TPSA) is 49.0 Å². The van der Waals surface area contributed by atoms with Gasteiger partial charge in [0.2, 0.25) is 0 Å². The smallest absolute Gasteiger partial charge is 0.147 e. The van der Waals surface area contributed by atoms with Crippen molar-refractivity contribution in [1.29, 1.82) is 0 Å². The first-order valence-corrected chi connectivity index (χ1v) is 14.0. The van der Waals surface area contributed by atoms with Gasteiger partial charge in [-0.25, -0.2) is 0 Å². The number of fused-ring (bicyclic) bond motifs is 3. The van der Waals surface area contributed by atoms with Gasteiger partial charge in [-0.3, -0.25) is 9.89 Å². The van der Waals surface area contributed by atoms with E-state index < -0.39 is 0 Å². The molecule has 0 bridgehead atoms. The maximum absolute atomic E-state index is 13.8. The second kappa shape index (κ2) is 9.67. The predicted octanol–water partition coefficient (Wildman–Crippen LogP) is 6.93. The van der Waals surface area contributed by atoms with Crippen LogP contribution in [0.1, 0.15) is 71.7 Å². The lowest BCUT2D eigenvalue weighted by Gasteiger charge is -2.32. The number of carbonyl (C=O) groups is 1. The Morgan fingerprint density at radius 3 is 2.53 bits per heavy atom. The summed E-state index contributed by atoms with van der Waals surface area (Å²) in [5.41, 5.74) is 9.31. The summed E-state index contributed by atoms with van der Waals surface area (Å²) in [4.78, 5) is 16.0. The van der Waals surface area contributed by atoms with Gasteiger partial charge in [-0.2, -0.15) is 5.10 Å². The Balaban J connectivity index is 1.28. The number of carbonyl (C=O) groups excluding carboxylic acids is 1. The van der Waals surface area contributed by atoms with Crippen LogP contribution in [0.5, 0.6) is 0 Å². The number of hydrogen-bond acceptors (Lipinski definition) is 3. The van der Waals surface area contributed by atoms with Crippen LogP contribution >= 0.6 is 0 Å². The highest BCUT2D eigenvalue weighted by molar-refractivity contribution is 5.99. The van der Waals surface area contributed by atoms with Crippen LogP contribution in [0.15, 0.2) is 60.7 Å². The number of aromatic amines is 1. The minimum Gasteiger partial charge on any atom is -0.305 e. The third-order valence-corrected chi connectivity index (χ3v) is 8.72. The standard InChI is InChI=1S/C34H37N3O/c1-5-22-11-13-26-18-25(6-2)33(38)34(29(26)17-22)20-30(34)27-14-15-28-31(35-36-32(28)19-27)16-12-23-7-9-24(10-8-23)21-37(3)4/h7-17,19,25,30H,5-6,18,20-21H2,1-4H3,(H,35,36)/b16-12+. The van der Waals surface area contributed by atoms with Crippen LogP contribution in [0.4, 0.5) is 0 Å². The Kier molecular flexibility index (Phi) is 6.31. The molecule has 4 nitrogen and oxygen atoms in total. The molecule has 3 unspecified atom stereocenters. The Bertz CT molecular complexity index is 1530. The molecule has 3 aromatic carbocycles. The van der Waals surface area contributed by atoms with Crippen molar-refractivity contribution in [2.75, 3.05) is 14.1 Å². The van der Waals surface area contributed by atoms with E-state index in [1.807, 2.05) is 0 Å². The van der Waals surface area contributed by atoms with E-state index in [0.29, 0.717) is 5.78 Å². The van der Waals surface area contributed by atoms with Gasteiger partial charge < -0.3 is 4.90 Å². The Hall–Kier alpha value is -3.50. The average molecular weight is 504 g/mol. The Morgan fingerprint density at radius 2 is 1.79 bits per heavy atom. The number of ketones is 1. The first kappa shape index (κ1) is 24.8. The van der Waals surface area contributed by atoms with Crippen LogP contribution in [-0.4, -0.2) is 35.0 Å². The van der Waals surface area contributed by atoms with E-state index in [0.717, 1.165) is 54.4 Å². The summed E-state index contributed by atoms with van der Waals surface area (Å²) in [6.45, 7) is 5.29. The number of aromatic nitrogens is 2. The van der Waals surface area contributed by atoms with Crippen LogP contribution < -0.4 is 0 Å². The number of Topliss-reactive ketones (excluding diaryl/α,β-unsaturated/α-hetero) is 1. The van der Waals surface area contributed by atoms with Crippen molar-refractivity contribution >= 4 is 28.8 Å². The molecule has 1 saturated carbocycles. The van der Waals surface area contributed by atoms with E-state index in [4.69, 9.17) is 0 Å². The maximum atomic E-state index is 13.8. The quantitative estimate of drug-likeness (QED) is 0.297. The number of benzene rings is 3. The molecule has 1 fully saturated rings. The van der Waals surface area contributed by atoms with Crippen LogP contribution in [0.2, 0.25) is 0 Å². The summed E-state index contributed by atoms with van der Waals surface area (Å²) in [6, 6.07) is 22.1. The van der Waals surface area contributed by atoms with Gasteiger partial charge in [-0.15, -0.1) is 0 Å². The maximum Gasteiger partial charge on any atom is 0.147 e. The largest absolute Gasteiger partial charge is 0.305 e. The van der Waals surface area contributed by atoms with Crippen LogP contribution in [0.25, 0.3) is 23.1 Å². The number of aryl methyl sites for hydroxylation is 1. The number of nitrogens with one attached hydrogen (secondary N) is 1. The third kappa shape index (κ3) is 4.21. The minimum atomic E-state index is -0.353. The first-order valence-electron chi connectivity index (χ1n) is 14.0. The highest BCUT2D eigenvalue weighted by atomic mass is 16.1. The molecule has 3 atom stereocenters. The van der Waals surface area contributed by atoms with Gasteiger partial charge in [0.15, 0.2) is 0 Å². The lowest BCUT2D eigenvalue weighted by atomic mass is 9.70. The fourth-order valence-corrected chi connectivity index (χ4v) is 6.53. The molecule has 0 saturated heterocycles. The van der Waals surface area contributed by atoms with Crippen molar-refractivity contribution in [1.82, 2.24) is 15.1 Å². The molecule has 2 aliphatic rings. The van der Waals surface area contributed by atoms with E-state index in [-0.39, 0.29) is 17.3 Å². The van der Waals surface area contributed by atoms with Crippen LogP contribution in [0, 0.1) is 5.92 Å². The van der Waals surface area contributed by atoms with E-state index in [2.05, 4.69) is 116 Å². The van der Waals surface area contributed by atoms with Crippen molar-refractivity contribution in [3.05, 3.63) is 99.7 Å². The second-order valence-electron chi connectivity index (χ2n) is 11.5. The molecule has 0 radical (unpaired) electrons.